The van der Waals surface area contributed by atoms with Crippen LogP contribution in [0, 0.1) is 5.92 Å². The summed E-state index contributed by atoms with van der Waals surface area (Å²) in [5, 5.41) is 7.23. The number of hydrogen-bond acceptors (Lipinski definition) is 5. The fourth-order valence-corrected chi connectivity index (χ4v) is 3.71. The molecule has 1 aromatic heterocycles. The van der Waals surface area contributed by atoms with Crippen LogP contribution >= 0.6 is 0 Å². The topological polar surface area (TPSA) is 93.5 Å². The highest BCUT2D eigenvalue weighted by molar-refractivity contribution is 6.00. The Balaban J connectivity index is 1.35. The van der Waals surface area contributed by atoms with Gasteiger partial charge >= 0.3 is 0 Å². The monoisotopic (exact) mass is 432 g/mol. The molecule has 0 radical (unpaired) electrons. The van der Waals surface area contributed by atoms with Crippen molar-refractivity contribution in [3.63, 3.8) is 0 Å². The minimum Gasteiger partial charge on any atom is -0.497 e. The number of carbonyl (C=O) groups excluding carboxylic acids is 2. The summed E-state index contributed by atoms with van der Waals surface area (Å²) in [7, 11) is 1.57. The molecule has 1 saturated heterocycles. The van der Waals surface area contributed by atoms with Crippen LogP contribution in [0.3, 0.4) is 0 Å². The predicted octanol–water partition coefficient (Wildman–Crippen LogP) is 2.09. The van der Waals surface area contributed by atoms with Gasteiger partial charge in [0.05, 0.1) is 25.3 Å². The molecule has 3 aromatic rings. The number of nitrogens with one attached hydrogen (secondary N) is 1. The molecule has 1 aliphatic heterocycles. The zero-order valence-corrected chi connectivity index (χ0v) is 17.7. The summed E-state index contributed by atoms with van der Waals surface area (Å²) in [6.07, 6.45) is 0.144. The van der Waals surface area contributed by atoms with Gasteiger partial charge in [0.15, 0.2) is 0 Å². The van der Waals surface area contributed by atoms with Gasteiger partial charge < -0.3 is 15.0 Å². The van der Waals surface area contributed by atoms with Crippen LogP contribution < -0.4 is 20.5 Å². The summed E-state index contributed by atoms with van der Waals surface area (Å²) in [5.41, 5.74) is 2.07. The quantitative estimate of drug-likeness (QED) is 0.617. The maximum atomic E-state index is 12.6. The lowest BCUT2D eigenvalue weighted by atomic mass is 10.1. The Morgan fingerprint density at radius 2 is 1.91 bits per heavy atom. The number of ether oxygens (including phenoxy) is 1. The molecule has 2 amide bonds. The molecule has 2 heterocycles. The highest BCUT2D eigenvalue weighted by Crippen LogP contribution is 2.27. The van der Waals surface area contributed by atoms with Crippen molar-refractivity contribution in [2.75, 3.05) is 25.1 Å². The lowest BCUT2D eigenvalue weighted by Gasteiger charge is -2.17. The van der Waals surface area contributed by atoms with Crippen molar-refractivity contribution in [2.24, 2.45) is 5.92 Å². The van der Waals surface area contributed by atoms with Crippen molar-refractivity contribution in [3.8, 4) is 17.0 Å². The Bertz CT molecular complexity index is 1180. The maximum Gasteiger partial charge on any atom is 0.266 e. The van der Waals surface area contributed by atoms with Crippen molar-refractivity contribution in [2.45, 2.75) is 13.0 Å². The van der Waals surface area contributed by atoms with Crippen LogP contribution in [0.1, 0.15) is 6.42 Å². The van der Waals surface area contributed by atoms with Gasteiger partial charge in [0, 0.05) is 42.9 Å². The van der Waals surface area contributed by atoms with Crippen LogP contribution in [0.5, 0.6) is 5.75 Å². The molecule has 32 heavy (non-hydrogen) atoms. The van der Waals surface area contributed by atoms with Gasteiger partial charge in [-0.2, -0.15) is 5.10 Å². The van der Waals surface area contributed by atoms with E-state index in [2.05, 4.69) is 10.4 Å². The van der Waals surface area contributed by atoms with Crippen LogP contribution in [0.4, 0.5) is 5.69 Å². The minimum absolute atomic E-state index is 0.105. The fourth-order valence-electron chi connectivity index (χ4n) is 3.71. The lowest BCUT2D eigenvalue weighted by Crippen LogP contribution is -2.36. The largest absolute Gasteiger partial charge is 0.497 e. The molecule has 1 fully saturated rings. The Labute approximate surface area is 185 Å². The van der Waals surface area contributed by atoms with Crippen molar-refractivity contribution in [3.05, 3.63) is 77.1 Å². The number of rotatable bonds is 7. The molecule has 164 valence electrons. The summed E-state index contributed by atoms with van der Waals surface area (Å²) in [5.74, 6) is -0.115. The molecule has 0 spiro atoms. The Morgan fingerprint density at radius 3 is 2.69 bits per heavy atom. The molecule has 8 nitrogen and oxygen atoms in total. The second-order valence-corrected chi connectivity index (χ2v) is 7.54. The maximum absolute atomic E-state index is 12.6. The van der Waals surface area contributed by atoms with Gasteiger partial charge in [-0.3, -0.25) is 14.4 Å². The second-order valence-electron chi connectivity index (χ2n) is 7.54. The van der Waals surface area contributed by atoms with E-state index < -0.39 is 5.92 Å². The highest BCUT2D eigenvalue weighted by Gasteiger charge is 2.35. The van der Waals surface area contributed by atoms with E-state index in [0.29, 0.717) is 23.7 Å². The molecular formula is C24H24N4O4. The van der Waals surface area contributed by atoms with Crippen LogP contribution in [0.15, 0.2) is 71.5 Å². The second kappa shape index (κ2) is 9.47. The zero-order valence-electron chi connectivity index (χ0n) is 17.7. The first-order valence-electron chi connectivity index (χ1n) is 10.4. The van der Waals surface area contributed by atoms with Gasteiger partial charge in [0.2, 0.25) is 11.8 Å². The SMILES string of the molecule is COc1cccc(N2CC(C(=O)NCCn3nc(-c4ccccc4)ccc3=O)CC2=O)c1. The van der Waals surface area contributed by atoms with Gasteiger partial charge in [0.25, 0.3) is 5.56 Å². The van der Waals surface area contributed by atoms with E-state index in [9.17, 15) is 14.4 Å². The molecule has 1 atom stereocenters. The molecule has 2 aromatic carbocycles. The Hall–Kier alpha value is -3.94. The van der Waals surface area contributed by atoms with E-state index in [-0.39, 0.29) is 36.9 Å². The van der Waals surface area contributed by atoms with Crippen molar-refractivity contribution >= 4 is 17.5 Å². The minimum atomic E-state index is -0.450. The molecule has 8 heteroatoms. The van der Waals surface area contributed by atoms with Gasteiger partial charge in [0.1, 0.15) is 5.75 Å². The summed E-state index contributed by atoms with van der Waals surface area (Å²) < 4.78 is 6.55. The van der Waals surface area contributed by atoms with E-state index in [1.165, 1.54) is 10.7 Å². The molecule has 1 aliphatic rings. The summed E-state index contributed by atoms with van der Waals surface area (Å²) >= 11 is 0. The normalized spacial score (nSPS) is 15.6. The van der Waals surface area contributed by atoms with E-state index in [1.807, 2.05) is 42.5 Å². The number of methoxy groups -OCH3 is 1. The third kappa shape index (κ3) is 4.69. The van der Waals surface area contributed by atoms with Crippen molar-refractivity contribution in [1.82, 2.24) is 15.1 Å². The fraction of sp³-hybridized carbons (Fsp3) is 0.250. The van der Waals surface area contributed by atoms with Crippen LogP contribution in [-0.2, 0) is 16.1 Å². The molecule has 4 rings (SSSR count). The van der Waals surface area contributed by atoms with Gasteiger partial charge in [-0.15, -0.1) is 0 Å². The third-order valence-corrected chi connectivity index (χ3v) is 5.42. The average Bonchev–Trinajstić information content (AvgIpc) is 3.22. The molecule has 1 unspecified atom stereocenters. The Kier molecular flexibility index (Phi) is 6.30. The van der Waals surface area contributed by atoms with Crippen LogP contribution in [0.25, 0.3) is 11.3 Å². The molecular weight excluding hydrogens is 408 g/mol. The van der Waals surface area contributed by atoms with E-state index in [4.69, 9.17) is 4.74 Å². The van der Waals surface area contributed by atoms with E-state index >= 15 is 0 Å². The first-order chi connectivity index (χ1) is 15.5. The Morgan fingerprint density at radius 1 is 1.09 bits per heavy atom. The van der Waals surface area contributed by atoms with Gasteiger partial charge in [-0.1, -0.05) is 36.4 Å². The smallest absolute Gasteiger partial charge is 0.266 e. The number of anilines is 1. The molecule has 0 aliphatic carbocycles. The number of aromatic nitrogens is 2. The van der Waals surface area contributed by atoms with Crippen LogP contribution in [0.2, 0.25) is 0 Å². The zero-order chi connectivity index (χ0) is 22.5. The number of amides is 2. The summed E-state index contributed by atoms with van der Waals surface area (Å²) in [6.45, 7) is 0.791. The summed E-state index contributed by atoms with van der Waals surface area (Å²) in [6, 6.07) is 19.9. The number of nitrogens with zero attached hydrogens (tertiary/aromatic N) is 3. The molecule has 0 saturated carbocycles. The molecule has 1 N–H and O–H groups in total. The van der Waals surface area contributed by atoms with Crippen LogP contribution in [-0.4, -0.2) is 41.8 Å². The first-order valence-corrected chi connectivity index (χ1v) is 10.4. The standard InChI is InChI=1S/C24H24N4O4/c1-32-20-9-5-8-19(15-20)27-16-18(14-23(27)30)24(31)25-12-13-28-22(29)11-10-21(26-28)17-6-3-2-4-7-17/h2-11,15,18H,12-14,16H2,1H3,(H,25,31). The first kappa shape index (κ1) is 21.3. The highest BCUT2D eigenvalue weighted by atomic mass is 16.5. The number of hydrogen-bond donors (Lipinski definition) is 1. The van der Waals surface area contributed by atoms with E-state index in [0.717, 1.165) is 5.56 Å². The van der Waals surface area contributed by atoms with Crippen molar-refractivity contribution in [1.29, 1.82) is 0 Å². The van der Waals surface area contributed by atoms with Gasteiger partial charge in [-0.05, 0) is 18.2 Å². The van der Waals surface area contributed by atoms with Crippen molar-refractivity contribution < 1.29 is 14.3 Å². The van der Waals surface area contributed by atoms with Gasteiger partial charge in [-0.25, -0.2) is 4.68 Å². The predicted molar refractivity (Wildman–Crippen MR) is 120 cm³/mol. The van der Waals surface area contributed by atoms with E-state index in [1.54, 1.807) is 30.2 Å². The number of benzene rings is 2. The third-order valence-electron chi connectivity index (χ3n) is 5.42. The molecule has 0 bridgehead atoms. The average molecular weight is 432 g/mol. The number of carbonyl (C=O) groups is 2. The lowest BCUT2D eigenvalue weighted by molar-refractivity contribution is -0.126. The summed E-state index contributed by atoms with van der Waals surface area (Å²) in [4.78, 5) is 38.8.